The molecule has 1 fully saturated rings. The van der Waals surface area contributed by atoms with Crippen molar-refractivity contribution >= 4 is 47.6 Å². The maximum absolute atomic E-state index is 12.2. The highest BCUT2D eigenvalue weighted by atomic mass is 79.9. The van der Waals surface area contributed by atoms with Crippen LogP contribution in [0.2, 0.25) is 0 Å². The minimum absolute atomic E-state index is 0.0970. The monoisotopic (exact) mass is 439 g/mol. The molecule has 8 heteroatoms. The SMILES string of the molecule is Cc1cc(Br)c(NS(=O)(=O)CCN2CCNCC2)c(Br)c1. The van der Waals surface area contributed by atoms with Crippen molar-refractivity contribution in [1.29, 1.82) is 0 Å². The molecule has 0 unspecified atom stereocenters. The maximum atomic E-state index is 12.2. The Bertz CT molecular complexity index is 578. The fourth-order valence-electron chi connectivity index (χ4n) is 2.19. The van der Waals surface area contributed by atoms with E-state index in [0.29, 0.717) is 12.2 Å². The number of sulfonamides is 1. The third-order valence-electron chi connectivity index (χ3n) is 3.33. The third-order valence-corrected chi connectivity index (χ3v) is 5.82. The van der Waals surface area contributed by atoms with Gasteiger partial charge in [-0.2, -0.15) is 0 Å². The van der Waals surface area contributed by atoms with Crippen molar-refractivity contribution in [3.8, 4) is 0 Å². The van der Waals surface area contributed by atoms with Crippen LogP contribution in [0.25, 0.3) is 0 Å². The summed E-state index contributed by atoms with van der Waals surface area (Å²) in [6.45, 7) is 6.14. The Morgan fingerprint density at radius 2 is 1.81 bits per heavy atom. The van der Waals surface area contributed by atoms with Gasteiger partial charge in [0.25, 0.3) is 0 Å². The van der Waals surface area contributed by atoms with Gasteiger partial charge >= 0.3 is 0 Å². The van der Waals surface area contributed by atoms with Crippen LogP contribution in [0.5, 0.6) is 0 Å². The lowest BCUT2D eigenvalue weighted by Gasteiger charge is -2.27. The molecular formula is C13H19Br2N3O2S. The Morgan fingerprint density at radius 1 is 1.24 bits per heavy atom. The van der Waals surface area contributed by atoms with Crippen LogP contribution in [-0.4, -0.2) is 51.8 Å². The Balaban J connectivity index is 2.00. The van der Waals surface area contributed by atoms with E-state index in [9.17, 15) is 8.42 Å². The zero-order valence-electron chi connectivity index (χ0n) is 11.8. The summed E-state index contributed by atoms with van der Waals surface area (Å²) in [4.78, 5) is 2.16. The van der Waals surface area contributed by atoms with Crippen molar-refractivity contribution < 1.29 is 8.42 Å². The topological polar surface area (TPSA) is 61.4 Å². The van der Waals surface area contributed by atoms with E-state index in [1.807, 2.05) is 19.1 Å². The van der Waals surface area contributed by atoms with Gasteiger partial charge in [-0.25, -0.2) is 8.42 Å². The van der Waals surface area contributed by atoms with Crippen molar-refractivity contribution in [3.63, 3.8) is 0 Å². The van der Waals surface area contributed by atoms with Crippen LogP contribution in [0.3, 0.4) is 0 Å². The van der Waals surface area contributed by atoms with Gasteiger partial charge in [0.2, 0.25) is 10.0 Å². The molecule has 1 aromatic rings. The molecule has 2 N–H and O–H groups in total. The second-order valence-corrected chi connectivity index (χ2v) is 8.67. The molecule has 21 heavy (non-hydrogen) atoms. The fraction of sp³-hybridized carbons (Fsp3) is 0.538. The first-order valence-electron chi connectivity index (χ1n) is 6.76. The van der Waals surface area contributed by atoms with E-state index < -0.39 is 10.0 Å². The van der Waals surface area contributed by atoms with Crippen molar-refractivity contribution in [3.05, 3.63) is 26.6 Å². The maximum Gasteiger partial charge on any atom is 0.234 e. The van der Waals surface area contributed by atoms with Crippen molar-refractivity contribution in [1.82, 2.24) is 10.2 Å². The number of aryl methyl sites for hydroxylation is 1. The summed E-state index contributed by atoms with van der Waals surface area (Å²) >= 11 is 6.81. The van der Waals surface area contributed by atoms with Gasteiger partial charge in [0.1, 0.15) is 0 Å². The van der Waals surface area contributed by atoms with Crippen LogP contribution in [0.4, 0.5) is 5.69 Å². The first-order valence-corrected chi connectivity index (χ1v) is 10.0. The van der Waals surface area contributed by atoms with E-state index in [-0.39, 0.29) is 5.75 Å². The minimum Gasteiger partial charge on any atom is -0.314 e. The van der Waals surface area contributed by atoms with Gasteiger partial charge in [-0.1, -0.05) is 0 Å². The molecule has 0 aliphatic carbocycles. The Hall–Kier alpha value is -0.150. The van der Waals surface area contributed by atoms with Crippen LogP contribution in [0, 0.1) is 6.92 Å². The normalized spacial score (nSPS) is 16.9. The zero-order chi connectivity index (χ0) is 15.5. The second kappa shape index (κ2) is 7.41. The largest absolute Gasteiger partial charge is 0.314 e. The zero-order valence-corrected chi connectivity index (χ0v) is 15.8. The predicted octanol–water partition coefficient (Wildman–Crippen LogP) is 2.17. The van der Waals surface area contributed by atoms with E-state index >= 15 is 0 Å². The molecule has 0 saturated carbocycles. The number of hydrogen-bond donors (Lipinski definition) is 2. The second-order valence-electron chi connectivity index (χ2n) is 5.12. The lowest BCUT2D eigenvalue weighted by molar-refractivity contribution is 0.254. The van der Waals surface area contributed by atoms with E-state index in [0.717, 1.165) is 40.7 Å². The van der Waals surface area contributed by atoms with E-state index in [2.05, 4.69) is 46.8 Å². The number of hydrogen-bond acceptors (Lipinski definition) is 4. The summed E-state index contributed by atoms with van der Waals surface area (Å²) in [6.07, 6.45) is 0. The van der Waals surface area contributed by atoms with Crippen LogP contribution in [-0.2, 0) is 10.0 Å². The van der Waals surface area contributed by atoms with Gasteiger partial charge in [0.05, 0.1) is 11.4 Å². The Kier molecular flexibility index (Phi) is 6.07. The van der Waals surface area contributed by atoms with Gasteiger partial charge in [0.15, 0.2) is 0 Å². The predicted molar refractivity (Wildman–Crippen MR) is 93.3 cm³/mol. The number of rotatable bonds is 5. The number of anilines is 1. The molecule has 0 radical (unpaired) electrons. The number of piperazine rings is 1. The van der Waals surface area contributed by atoms with Crippen molar-refractivity contribution in [2.75, 3.05) is 43.2 Å². The van der Waals surface area contributed by atoms with Crippen LogP contribution in [0.1, 0.15) is 5.56 Å². The van der Waals surface area contributed by atoms with Gasteiger partial charge in [-0.05, 0) is 56.5 Å². The number of halogens is 2. The quantitative estimate of drug-likeness (QED) is 0.736. The summed E-state index contributed by atoms with van der Waals surface area (Å²) in [6, 6.07) is 3.78. The summed E-state index contributed by atoms with van der Waals surface area (Å²) in [5.41, 5.74) is 1.61. The van der Waals surface area contributed by atoms with Crippen LogP contribution >= 0.6 is 31.9 Å². The molecule has 1 aromatic carbocycles. The summed E-state index contributed by atoms with van der Waals surface area (Å²) in [7, 11) is -3.36. The Labute approximate surface area is 142 Å². The summed E-state index contributed by atoms with van der Waals surface area (Å²) < 4.78 is 28.6. The molecule has 0 aromatic heterocycles. The first kappa shape index (κ1) is 17.2. The van der Waals surface area contributed by atoms with Gasteiger partial charge in [-0.3, -0.25) is 9.62 Å². The van der Waals surface area contributed by atoms with Gasteiger partial charge < -0.3 is 5.32 Å². The molecule has 1 aliphatic heterocycles. The molecule has 1 heterocycles. The Morgan fingerprint density at radius 3 is 2.38 bits per heavy atom. The lowest BCUT2D eigenvalue weighted by Crippen LogP contribution is -2.45. The van der Waals surface area contributed by atoms with Crippen LogP contribution in [0.15, 0.2) is 21.1 Å². The van der Waals surface area contributed by atoms with E-state index in [1.54, 1.807) is 0 Å². The van der Waals surface area contributed by atoms with Gasteiger partial charge in [-0.15, -0.1) is 0 Å². The molecule has 0 spiro atoms. The highest BCUT2D eigenvalue weighted by Crippen LogP contribution is 2.33. The minimum atomic E-state index is -3.36. The van der Waals surface area contributed by atoms with Crippen molar-refractivity contribution in [2.45, 2.75) is 6.92 Å². The van der Waals surface area contributed by atoms with E-state index in [4.69, 9.17) is 0 Å². The van der Waals surface area contributed by atoms with Crippen LogP contribution < -0.4 is 10.0 Å². The molecular weight excluding hydrogens is 422 g/mol. The molecule has 2 rings (SSSR count). The average molecular weight is 441 g/mol. The summed E-state index contributed by atoms with van der Waals surface area (Å²) in [5.74, 6) is 0.0970. The smallest absolute Gasteiger partial charge is 0.234 e. The first-order chi connectivity index (χ1) is 9.87. The number of benzene rings is 1. The average Bonchev–Trinajstić information content (AvgIpc) is 2.42. The molecule has 118 valence electrons. The molecule has 5 nitrogen and oxygen atoms in total. The lowest BCUT2D eigenvalue weighted by atomic mass is 10.2. The number of nitrogens with zero attached hydrogens (tertiary/aromatic N) is 1. The molecule has 1 saturated heterocycles. The summed E-state index contributed by atoms with van der Waals surface area (Å²) in [5, 5.41) is 3.25. The molecule has 0 atom stereocenters. The highest BCUT2D eigenvalue weighted by Gasteiger charge is 2.18. The van der Waals surface area contributed by atoms with E-state index in [1.165, 1.54) is 0 Å². The standard InChI is InChI=1S/C13H19Br2N3O2S/c1-10-8-11(14)13(12(15)9-10)17-21(19,20)7-6-18-4-2-16-3-5-18/h8-9,16-17H,2-7H2,1H3. The van der Waals surface area contributed by atoms with Gasteiger partial charge in [0, 0.05) is 41.7 Å². The molecule has 1 aliphatic rings. The molecule has 0 amide bonds. The fourth-order valence-corrected chi connectivity index (χ4v) is 5.20. The molecule has 0 bridgehead atoms. The third kappa shape index (κ3) is 5.21. The number of nitrogens with one attached hydrogen (secondary N) is 2. The highest BCUT2D eigenvalue weighted by molar-refractivity contribution is 9.11. The van der Waals surface area contributed by atoms with Crippen molar-refractivity contribution in [2.24, 2.45) is 0 Å².